The molecule has 1 fully saturated rings. The molecule has 5 nitrogen and oxygen atoms in total. The summed E-state index contributed by atoms with van der Waals surface area (Å²) in [7, 11) is 0. The summed E-state index contributed by atoms with van der Waals surface area (Å²) in [4.78, 5) is 10.8. The van der Waals surface area contributed by atoms with Crippen molar-refractivity contribution in [1.82, 2.24) is 9.78 Å². The van der Waals surface area contributed by atoms with Gasteiger partial charge in [0, 0.05) is 5.92 Å². The lowest BCUT2D eigenvalue weighted by Crippen LogP contribution is -2.16. The fraction of sp³-hybridized carbons (Fsp3) is 0.312. The van der Waals surface area contributed by atoms with Crippen molar-refractivity contribution in [3.8, 4) is 11.8 Å². The van der Waals surface area contributed by atoms with Crippen LogP contribution in [-0.4, -0.2) is 16.2 Å². The number of nitriles is 1. The molecule has 1 amide bonds. The molecule has 3 rings (SSSR count). The zero-order valence-electron chi connectivity index (χ0n) is 12.8. The van der Waals surface area contributed by atoms with Crippen LogP contribution in [0.4, 0.5) is 19.0 Å². The van der Waals surface area contributed by atoms with Gasteiger partial charge in [0.15, 0.2) is 5.82 Å². The van der Waals surface area contributed by atoms with Crippen LogP contribution in [0.2, 0.25) is 5.02 Å². The van der Waals surface area contributed by atoms with Crippen LogP contribution >= 0.6 is 11.6 Å². The molecule has 1 saturated carbocycles. The number of benzene rings is 1. The van der Waals surface area contributed by atoms with Gasteiger partial charge in [-0.2, -0.15) is 18.4 Å². The summed E-state index contributed by atoms with van der Waals surface area (Å²) in [5, 5.41) is 15.8. The number of aromatic nitrogens is 2. The first-order valence-electron chi connectivity index (χ1n) is 7.47. The van der Waals surface area contributed by atoms with E-state index < -0.39 is 11.7 Å². The Morgan fingerprint density at radius 2 is 2.12 bits per heavy atom. The van der Waals surface area contributed by atoms with Crippen LogP contribution in [0.1, 0.15) is 42.0 Å². The van der Waals surface area contributed by atoms with E-state index in [-0.39, 0.29) is 28.0 Å². The second-order valence-electron chi connectivity index (χ2n) is 5.69. The van der Waals surface area contributed by atoms with Crippen LogP contribution in [0.25, 0.3) is 5.69 Å². The topological polar surface area (TPSA) is 70.7 Å². The molecule has 0 radical (unpaired) electrons. The van der Waals surface area contributed by atoms with E-state index in [1.54, 1.807) is 0 Å². The third-order valence-electron chi connectivity index (χ3n) is 4.22. The highest BCUT2D eigenvalue weighted by atomic mass is 35.5. The molecule has 1 aliphatic rings. The van der Waals surface area contributed by atoms with Gasteiger partial charge in [0.1, 0.15) is 11.6 Å². The number of hydrogen-bond donors (Lipinski definition) is 1. The number of hydrogen-bond acceptors (Lipinski definition) is 3. The van der Waals surface area contributed by atoms with Crippen LogP contribution in [-0.2, 0) is 11.0 Å². The Morgan fingerprint density at radius 1 is 1.40 bits per heavy atom. The molecule has 25 heavy (non-hydrogen) atoms. The van der Waals surface area contributed by atoms with Crippen LogP contribution in [0.5, 0.6) is 0 Å². The lowest BCUT2D eigenvalue weighted by molar-refractivity contribution is -0.137. The van der Waals surface area contributed by atoms with E-state index >= 15 is 0 Å². The minimum absolute atomic E-state index is 0.0442. The highest BCUT2D eigenvalue weighted by molar-refractivity contribution is 6.32. The third-order valence-corrected chi connectivity index (χ3v) is 4.53. The maximum absolute atomic E-state index is 12.8. The second kappa shape index (κ2) is 6.41. The summed E-state index contributed by atoms with van der Waals surface area (Å²) in [5.74, 6) is 0.109. The highest BCUT2D eigenvalue weighted by Crippen LogP contribution is 2.42. The second-order valence-corrected chi connectivity index (χ2v) is 6.09. The predicted molar refractivity (Wildman–Crippen MR) is 84.6 cm³/mol. The van der Waals surface area contributed by atoms with Crippen molar-refractivity contribution < 1.29 is 18.0 Å². The number of carbonyl (C=O) groups excluding carboxylic acids is 1. The van der Waals surface area contributed by atoms with E-state index in [1.165, 1.54) is 10.7 Å². The van der Waals surface area contributed by atoms with Gasteiger partial charge in [-0.15, -0.1) is 5.10 Å². The van der Waals surface area contributed by atoms with Gasteiger partial charge in [0.25, 0.3) is 0 Å². The van der Waals surface area contributed by atoms with Gasteiger partial charge in [-0.25, -0.2) is 4.68 Å². The summed E-state index contributed by atoms with van der Waals surface area (Å²) in [6, 6.07) is 4.96. The Morgan fingerprint density at radius 3 is 2.60 bits per heavy atom. The van der Waals surface area contributed by atoms with Crippen molar-refractivity contribution in [3.63, 3.8) is 0 Å². The number of halogens is 4. The third kappa shape index (κ3) is 3.07. The van der Waals surface area contributed by atoms with Gasteiger partial charge in [-0.3, -0.25) is 4.79 Å². The van der Waals surface area contributed by atoms with Crippen molar-refractivity contribution in [2.24, 2.45) is 0 Å². The van der Waals surface area contributed by atoms with Gasteiger partial charge in [0.05, 0.1) is 22.0 Å². The number of anilines is 1. The quantitative estimate of drug-likeness (QED) is 0.820. The standard InChI is InChI=1S/C16H12ClF3N4O/c17-12-6-10(16(18,19)20)4-5-13(12)24-14(9-2-1-3-9)11(7-21)15(23-24)22-8-25/h4-6,8-9H,1-3H2,(H,22,23,25). The molecule has 0 atom stereocenters. The fourth-order valence-electron chi connectivity index (χ4n) is 2.80. The van der Waals surface area contributed by atoms with Crippen molar-refractivity contribution in [1.29, 1.82) is 5.26 Å². The molecule has 1 N–H and O–H groups in total. The first kappa shape index (κ1) is 17.3. The van der Waals surface area contributed by atoms with E-state index in [9.17, 15) is 23.2 Å². The van der Waals surface area contributed by atoms with Gasteiger partial charge in [0.2, 0.25) is 6.41 Å². The fourth-order valence-corrected chi connectivity index (χ4v) is 3.06. The summed E-state index contributed by atoms with van der Waals surface area (Å²) < 4.78 is 39.8. The Kier molecular flexibility index (Phi) is 4.43. The minimum Gasteiger partial charge on any atom is -0.311 e. The number of nitrogens with zero attached hydrogens (tertiary/aromatic N) is 3. The maximum Gasteiger partial charge on any atom is 0.416 e. The van der Waals surface area contributed by atoms with E-state index in [0.29, 0.717) is 12.1 Å². The van der Waals surface area contributed by atoms with E-state index in [0.717, 1.165) is 31.4 Å². The molecular formula is C16H12ClF3N4O. The number of amides is 1. The van der Waals surface area contributed by atoms with Crippen LogP contribution < -0.4 is 5.32 Å². The Bertz CT molecular complexity index is 865. The van der Waals surface area contributed by atoms with E-state index in [4.69, 9.17) is 11.6 Å². The molecule has 1 aromatic carbocycles. The first-order valence-corrected chi connectivity index (χ1v) is 7.85. The van der Waals surface area contributed by atoms with Gasteiger partial charge < -0.3 is 5.32 Å². The van der Waals surface area contributed by atoms with Crippen LogP contribution in [0, 0.1) is 11.3 Å². The number of rotatable bonds is 4. The normalized spacial score (nSPS) is 14.7. The zero-order valence-corrected chi connectivity index (χ0v) is 13.5. The molecule has 1 heterocycles. The van der Waals surface area contributed by atoms with E-state index in [1.807, 2.05) is 6.07 Å². The van der Waals surface area contributed by atoms with Crippen LogP contribution in [0.3, 0.4) is 0 Å². The average Bonchev–Trinajstić information content (AvgIpc) is 2.83. The smallest absolute Gasteiger partial charge is 0.311 e. The largest absolute Gasteiger partial charge is 0.416 e. The Balaban J connectivity index is 2.16. The monoisotopic (exact) mass is 368 g/mol. The molecule has 1 aliphatic carbocycles. The molecule has 0 aliphatic heterocycles. The van der Waals surface area contributed by atoms with Gasteiger partial charge >= 0.3 is 6.18 Å². The molecule has 2 aromatic rings. The molecule has 9 heteroatoms. The SMILES string of the molecule is N#Cc1c(NC=O)nn(-c2ccc(C(F)(F)F)cc2Cl)c1C1CCC1. The highest BCUT2D eigenvalue weighted by Gasteiger charge is 2.33. The van der Waals surface area contributed by atoms with Crippen molar-refractivity contribution in [2.45, 2.75) is 31.4 Å². The molecule has 0 saturated heterocycles. The van der Waals surface area contributed by atoms with Crippen LogP contribution in [0.15, 0.2) is 18.2 Å². The summed E-state index contributed by atoms with van der Waals surface area (Å²) in [6.45, 7) is 0. The van der Waals surface area contributed by atoms with Crippen molar-refractivity contribution in [3.05, 3.63) is 40.0 Å². The van der Waals surface area contributed by atoms with Crippen molar-refractivity contribution >= 4 is 23.8 Å². The molecule has 130 valence electrons. The first-order chi connectivity index (χ1) is 11.9. The summed E-state index contributed by atoms with van der Waals surface area (Å²) >= 11 is 6.06. The van der Waals surface area contributed by atoms with E-state index in [2.05, 4.69) is 10.4 Å². The summed E-state index contributed by atoms with van der Waals surface area (Å²) in [5.41, 5.74) is 0.116. The average molecular weight is 369 g/mol. The van der Waals surface area contributed by atoms with Gasteiger partial charge in [-0.05, 0) is 31.0 Å². The molecule has 0 spiro atoms. The number of nitrogens with one attached hydrogen (secondary N) is 1. The Labute approximate surface area is 146 Å². The lowest BCUT2D eigenvalue weighted by atomic mass is 9.81. The number of carbonyl (C=O) groups is 1. The Hall–Kier alpha value is -2.53. The predicted octanol–water partition coefficient (Wildman–Crippen LogP) is 4.25. The van der Waals surface area contributed by atoms with Crippen molar-refractivity contribution in [2.75, 3.05) is 5.32 Å². The summed E-state index contributed by atoms with van der Waals surface area (Å²) in [6.07, 6.45) is -1.46. The molecule has 0 unspecified atom stereocenters. The molecule has 1 aromatic heterocycles. The molecular weight excluding hydrogens is 357 g/mol. The number of alkyl halides is 3. The lowest BCUT2D eigenvalue weighted by Gasteiger charge is -2.26. The zero-order chi connectivity index (χ0) is 18.2. The maximum atomic E-state index is 12.8. The minimum atomic E-state index is -4.51. The van der Waals surface area contributed by atoms with Gasteiger partial charge in [-0.1, -0.05) is 18.0 Å². The molecule has 0 bridgehead atoms.